The summed E-state index contributed by atoms with van der Waals surface area (Å²) in [5.41, 5.74) is 8.57. The third-order valence-electron chi connectivity index (χ3n) is 8.52. The largest absolute Gasteiger partial charge is 1.00 e. The number of anilines is 1. The second kappa shape index (κ2) is 26.4. The number of aliphatic hydroxyl groups excluding tert-OH is 1. The molecule has 0 atom stereocenters. The van der Waals surface area contributed by atoms with Gasteiger partial charge in [-0.05, 0) is 103 Å². The van der Waals surface area contributed by atoms with Crippen molar-refractivity contribution >= 4 is 41.3 Å². The number of hydrogen-bond donors (Lipinski definition) is 4. The Balaban J connectivity index is 0.000000954. The van der Waals surface area contributed by atoms with E-state index in [2.05, 4.69) is 25.5 Å². The van der Waals surface area contributed by atoms with E-state index in [-0.39, 0.29) is 147 Å². The Morgan fingerprint density at radius 1 is 1.05 bits per heavy atom. The second-order valence-electron chi connectivity index (χ2n) is 13.7. The second-order valence-corrected chi connectivity index (χ2v) is 13.7. The Morgan fingerprint density at radius 3 is 2.27 bits per heavy atom. The molecule has 5 rings (SSSR count). The maximum Gasteiger partial charge on any atom is 1.00 e. The summed E-state index contributed by atoms with van der Waals surface area (Å²) < 4.78 is 25.4. The van der Waals surface area contributed by atoms with Gasteiger partial charge in [0.25, 0.3) is 12.0 Å². The summed E-state index contributed by atoms with van der Waals surface area (Å²) in [6, 6.07) is 7.08. The number of aliphatic hydroxyl groups is 1. The third kappa shape index (κ3) is 18.2. The number of amides is 1. The number of ether oxygens (including phenoxy) is 2. The summed E-state index contributed by atoms with van der Waals surface area (Å²) in [6.07, 6.45) is 12.1. The van der Waals surface area contributed by atoms with Crippen LogP contribution in [-0.4, -0.2) is 68.5 Å². The summed E-state index contributed by atoms with van der Waals surface area (Å²) in [7, 11) is 0. The predicted octanol–water partition coefficient (Wildman–Crippen LogP) is -2.07. The molecule has 15 nitrogen and oxygen atoms in total. The summed E-state index contributed by atoms with van der Waals surface area (Å²) >= 11 is 0. The van der Waals surface area contributed by atoms with Gasteiger partial charge in [-0.1, -0.05) is 0 Å². The van der Waals surface area contributed by atoms with Gasteiger partial charge in [0.2, 0.25) is 0 Å². The fraction of sp³-hybridized carbons (Fsp3) is 0.514. The van der Waals surface area contributed by atoms with Gasteiger partial charge in [-0.25, -0.2) is 14.0 Å². The molecule has 3 aromatic rings. The summed E-state index contributed by atoms with van der Waals surface area (Å²) in [5.74, 6) is -0.855. The van der Waals surface area contributed by atoms with E-state index in [9.17, 15) is 23.9 Å². The number of carbonyl (C=O) groups excluding carboxylic acids is 3. The topological polar surface area (TPSA) is 220 Å². The smallest absolute Gasteiger partial charge is 1.00 e. The molecule has 0 radical (unpaired) electrons. The molecule has 292 valence electrons. The van der Waals surface area contributed by atoms with E-state index in [0.29, 0.717) is 23.6 Å². The number of nitrogens with zero attached hydrogens (tertiary/aromatic N) is 3. The van der Waals surface area contributed by atoms with Crippen molar-refractivity contribution in [1.29, 1.82) is 0 Å². The van der Waals surface area contributed by atoms with E-state index < -0.39 is 23.5 Å². The first-order valence-electron chi connectivity index (χ1n) is 17.6. The molecule has 0 aliphatic heterocycles. The zero-order valence-corrected chi connectivity index (χ0v) is 38.8. The van der Waals surface area contributed by atoms with Gasteiger partial charge < -0.3 is 47.1 Å². The van der Waals surface area contributed by atoms with Gasteiger partial charge in [-0.15, -0.1) is 0 Å². The first kappa shape index (κ1) is 51.4. The number of nitrogens with one attached hydrogen (secondary N) is 2. The Labute approximate surface area is 407 Å². The van der Waals surface area contributed by atoms with Crippen LogP contribution < -0.4 is 130 Å². The van der Waals surface area contributed by atoms with E-state index in [1.165, 1.54) is 18.2 Å². The first-order valence-corrected chi connectivity index (χ1v) is 17.6. The van der Waals surface area contributed by atoms with Gasteiger partial charge in [0.15, 0.2) is 0 Å². The number of aromatic nitrogens is 3. The molecular weight excluding hydrogens is 770 g/mol. The number of hydrogen-bond acceptors (Lipinski definition) is 13. The quantitative estimate of drug-likeness (QED) is 0.0456. The molecule has 3 heterocycles. The van der Waals surface area contributed by atoms with Crippen molar-refractivity contribution < 1.29 is 148 Å². The molecule has 5 N–H and O–H groups in total. The van der Waals surface area contributed by atoms with Gasteiger partial charge in [-0.3, -0.25) is 19.6 Å². The monoisotopic (exact) mass is 820 g/mol. The normalized spacial score (nSPS) is 19.1. The number of alkyl carbamates (subject to hydrolysis) is 1. The van der Waals surface area contributed by atoms with Crippen molar-refractivity contribution in [1.82, 2.24) is 19.9 Å². The van der Waals surface area contributed by atoms with Crippen molar-refractivity contribution in [3.05, 3.63) is 70.2 Å². The van der Waals surface area contributed by atoms with Crippen LogP contribution >= 0.6 is 0 Å². The number of halogens is 1. The van der Waals surface area contributed by atoms with E-state index in [0.717, 1.165) is 68.6 Å². The standard InChI is InChI=1S/C20H27N3O4.C16H22FN3O2.CH2O3.2K.H/c1-20(2,3)27-19(26)22-14-4-6-15(7-5-14)23-17-10-13(12-24)11-21-16(17)8-9-18(23)25;1-2-22-16(21)8-7-14-15(9-11(17)10-19-14)20-13-5-3-12(18)4-6-13;2-1-4-3;;;/h8-11,14-15,24H,4-7,12H2,1-3H3,(H,22,26);7-10,12-13,20H,2-6,18H2,1H3;1,3H;;;/q;;;2*+1;-1/p-1/b;8-7+;;;;. The minimum Gasteiger partial charge on any atom is -1.00 e. The zero-order valence-electron chi connectivity index (χ0n) is 33.6. The minimum absolute atomic E-state index is 0. The summed E-state index contributed by atoms with van der Waals surface area (Å²) in [4.78, 5) is 55.5. The molecule has 2 aliphatic rings. The van der Waals surface area contributed by atoms with E-state index >= 15 is 0 Å². The van der Waals surface area contributed by atoms with Gasteiger partial charge in [0, 0.05) is 48.6 Å². The SMILES string of the molecule is CC(C)(C)OC(=O)NC1CCC(n2c(=O)ccc3ncc(CO)cc32)CC1.CCOC(=O)/C=C/c1ncc(F)cc1NC1CCC(N)CC1.O=CO[O-].[H-].[K+].[K+]. The van der Waals surface area contributed by atoms with Gasteiger partial charge in [-0.2, -0.15) is 0 Å². The van der Waals surface area contributed by atoms with Gasteiger partial charge in [0.05, 0.1) is 41.8 Å². The molecular formula is C37H51FK2N6O9. The van der Waals surface area contributed by atoms with Gasteiger partial charge in [0.1, 0.15) is 11.4 Å². The molecule has 1 amide bonds. The predicted molar refractivity (Wildman–Crippen MR) is 195 cm³/mol. The Hall–Kier alpha value is -1.66. The van der Waals surface area contributed by atoms with E-state index in [1.807, 2.05) is 26.8 Å². The van der Waals surface area contributed by atoms with Crippen LogP contribution in [0, 0.1) is 5.82 Å². The molecule has 2 aliphatic carbocycles. The van der Waals surface area contributed by atoms with Gasteiger partial charge >= 0.3 is 115 Å². The van der Waals surface area contributed by atoms with Crippen molar-refractivity contribution in [2.24, 2.45) is 5.73 Å². The van der Waals surface area contributed by atoms with Crippen molar-refractivity contribution in [2.75, 3.05) is 11.9 Å². The first-order chi connectivity index (χ1) is 25.3. The Kier molecular flexibility index (Phi) is 24.6. The van der Waals surface area contributed by atoms with Crippen LogP contribution in [0.1, 0.15) is 97.8 Å². The summed E-state index contributed by atoms with van der Waals surface area (Å²) in [6.45, 7) is 7.27. The number of carbonyl (C=O) groups is 3. The Bertz CT molecular complexity index is 1750. The maximum absolute atomic E-state index is 13.4. The van der Waals surface area contributed by atoms with Crippen LogP contribution in [0.15, 0.2) is 47.5 Å². The van der Waals surface area contributed by atoms with Crippen LogP contribution in [0.25, 0.3) is 17.1 Å². The minimum atomic E-state index is -0.519. The number of fused-ring (bicyclic) bond motifs is 1. The third-order valence-corrected chi connectivity index (χ3v) is 8.52. The fourth-order valence-electron chi connectivity index (χ4n) is 6.11. The van der Waals surface area contributed by atoms with Crippen LogP contribution in [0.3, 0.4) is 0 Å². The van der Waals surface area contributed by atoms with E-state index in [4.69, 9.17) is 25.3 Å². The van der Waals surface area contributed by atoms with Crippen LogP contribution in [-0.2, 0) is 30.6 Å². The number of rotatable bonds is 9. The molecule has 2 fully saturated rings. The molecule has 55 heavy (non-hydrogen) atoms. The van der Waals surface area contributed by atoms with Crippen molar-refractivity contribution in [3.8, 4) is 0 Å². The molecule has 0 spiro atoms. The van der Waals surface area contributed by atoms with Crippen molar-refractivity contribution in [2.45, 2.75) is 115 Å². The number of nitrogens with two attached hydrogens (primary N) is 1. The van der Waals surface area contributed by atoms with E-state index in [1.54, 1.807) is 29.8 Å². The number of pyridine rings is 3. The molecule has 0 saturated heterocycles. The van der Waals surface area contributed by atoms with Crippen LogP contribution in [0.4, 0.5) is 14.9 Å². The fourth-order valence-corrected chi connectivity index (χ4v) is 6.11. The average Bonchev–Trinajstić information content (AvgIpc) is 3.12. The molecule has 0 aromatic carbocycles. The number of esters is 1. The summed E-state index contributed by atoms with van der Waals surface area (Å²) in [5, 5.41) is 24.0. The van der Waals surface area contributed by atoms with Crippen LogP contribution in [0.5, 0.6) is 0 Å². The Morgan fingerprint density at radius 2 is 1.69 bits per heavy atom. The zero-order chi connectivity index (χ0) is 39.0. The van der Waals surface area contributed by atoms with Crippen molar-refractivity contribution in [3.63, 3.8) is 0 Å². The molecule has 18 heteroatoms. The molecule has 2 saturated carbocycles. The van der Waals surface area contributed by atoms with Crippen LogP contribution in [0.2, 0.25) is 0 Å². The maximum atomic E-state index is 13.4. The molecule has 0 unspecified atom stereocenters. The molecule has 0 bridgehead atoms. The molecule has 3 aromatic heterocycles. The average molecular weight is 821 g/mol.